The maximum atomic E-state index is 4.70. The van der Waals surface area contributed by atoms with Crippen molar-refractivity contribution in [2.75, 3.05) is 0 Å². The van der Waals surface area contributed by atoms with Gasteiger partial charge in [0.1, 0.15) is 16.8 Å². The summed E-state index contributed by atoms with van der Waals surface area (Å²) in [6.07, 6.45) is 0. The summed E-state index contributed by atoms with van der Waals surface area (Å²) in [4.78, 5) is 0. The van der Waals surface area contributed by atoms with Gasteiger partial charge in [0.15, 0.2) is 0 Å². The van der Waals surface area contributed by atoms with Crippen LogP contribution in [0.3, 0.4) is 0 Å². The van der Waals surface area contributed by atoms with Gasteiger partial charge < -0.3 is 0 Å². The maximum Gasteiger partial charge on any atom is 0.126 e. The second-order valence-corrected chi connectivity index (χ2v) is 8.52. The van der Waals surface area contributed by atoms with Gasteiger partial charge in [0.2, 0.25) is 0 Å². The molecule has 0 saturated heterocycles. The van der Waals surface area contributed by atoms with E-state index >= 15 is 0 Å². The molecule has 0 N–H and O–H groups in total. The molecular weight excluding hydrogens is 410 g/mol. The molecule has 0 aliphatic rings. The zero-order valence-electron chi connectivity index (χ0n) is 17.6. The number of benzene rings is 4. The van der Waals surface area contributed by atoms with E-state index in [2.05, 4.69) is 101 Å². The van der Waals surface area contributed by atoms with E-state index in [0.29, 0.717) is 0 Å². The minimum absolute atomic E-state index is 0.0550. The van der Waals surface area contributed by atoms with Crippen molar-refractivity contribution in [3.8, 4) is 11.3 Å². The van der Waals surface area contributed by atoms with Gasteiger partial charge in [-0.05, 0) is 16.7 Å². The molecule has 1 aromatic heterocycles. The van der Waals surface area contributed by atoms with E-state index in [1.54, 1.807) is 11.8 Å². The second-order valence-electron chi connectivity index (χ2n) is 7.55. The lowest BCUT2D eigenvalue weighted by atomic mass is 9.99. The number of hydrogen-bond acceptors (Lipinski definition) is 3. The van der Waals surface area contributed by atoms with Crippen LogP contribution in [0.15, 0.2) is 126 Å². The highest BCUT2D eigenvalue weighted by Gasteiger charge is 2.24. The van der Waals surface area contributed by atoms with Crippen LogP contribution in [0.2, 0.25) is 0 Å². The molecule has 0 spiro atoms. The van der Waals surface area contributed by atoms with Crippen LogP contribution in [0.5, 0.6) is 0 Å². The Balaban J connectivity index is 1.63. The molecule has 156 valence electrons. The minimum atomic E-state index is -0.0550. The number of aromatic nitrogens is 3. The van der Waals surface area contributed by atoms with E-state index in [1.165, 1.54) is 16.7 Å². The first kappa shape index (κ1) is 20.3. The quantitative estimate of drug-likeness (QED) is 0.262. The fourth-order valence-electron chi connectivity index (χ4n) is 3.84. The fraction of sp³-hybridized carbons (Fsp3) is 0.0714. The van der Waals surface area contributed by atoms with Crippen molar-refractivity contribution in [1.82, 2.24) is 15.0 Å². The molecule has 4 heteroatoms. The second kappa shape index (κ2) is 9.67. The lowest BCUT2D eigenvalue weighted by Crippen LogP contribution is -2.15. The maximum absolute atomic E-state index is 4.70. The van der Waals surface area contributed by atoms with Crippen LogP contribution >= 0.6 is 11.8 Å². The molecular formula is C28H23N3S. The minimum Gasteiger partial charge on any atom is -0.226 e. The van der Waals surface area contributed by atoms with Crippen LogP contribution in [0.25, 0.3) is 11.3 Å². The molecule has 0 atom stereocenters. The van der Waals surface area contributed by atoms with Gasteiger partial charge in [-0.15, -0.1) is 5.10 Å². The van der Waals surface area contributed by atoms with Crippen LogP contribution < -0.4 is 0 Å². The molecule has 0 bridgehead atoms. The molecule has 0 unspecified atom stereocenters. The monoisotopic (exact) mass is 433 g/mol. The molecule has 0 fully saturated rings. The smallest absolute Gasteiger partial charge is 0.126 e. The lowest BCUT2D eigenvalue weighted by Gasteiger charge is -2.20. The number of thioether (sulfide) groups is 1. The van der Waals surface area contributed by atoms with Crippen molar-refractivity contribution in [1.29, 1.82) is 0 Å². The Morgan fingerprint density at radius 1 is 0.625 bits per heavy atom. The number of hydrogen-bond donors (Lipinski definition) is 0. The standard InChI is InChI=1S/C28H23N3S/c1-5-13-22(14-6-1)21-32-28-26(23-15-7-2-8-16-23)29-30-31(28)27(24-17-9-3-10-18-24)25-19-11-4-12-20-25/h1-20,27H,21H2. The lowest BCUT2D eigenvalue weighted by molar-refractivity contribution is 0.532. The molecule has 0 saturated carbocycles. The summed E-state index contributed by atoms with van der Waals surface area (Å²) in [6.45, 7) is 0. The zero-order chi connectivity index (χ0) is 21.6. The van der Waals surface area contributed by atoms with Gasteiger partial charge in [-0.25, -0.2) is 4.68 Å². The average Bonchev–Trinajstić information content (AvgIpc) is 3.29. The van der Waals surface area contributed by atoms with E-state index in [4.69, 9.17) is 5.21 Å². The highest BCUT2D eigenvalue weighted by atomic mass is 32.2. The van der Waals surface area contributed by atoms with Gasteiger partial charge in [0, 0.05) is 11.3 Å². The summed E-state index contributed by atoms with van der Waals surface area (Å²) in [5, 5.41) is 10.4. The molecule has 0 aliphatic carbocycles. The van der Waals surface area contributed by atoms with Gasteiger partial charge in [-0.3, -0.25) is 0 Å². The molecule has 5 aromatic rings. The first-order valence-electron chi connectivity index (χ1n) is 10.7. The van der Waals surface area contributed by atoms with Crippen molar-refractivity contribution in [3.05, 3.63) is 138 Å². The summed E-state index contributed by atoms with van der Waals surface area (Å²) in [7, 11) is 0. The van der Waals surface area contributed by atoms with Crippen molar-refractivity contribution in [3.63, 3.8) is 0 Å². The number of rotatable bonds is 7. The highest BCUT2D eigenvalue weighted by Crippen LogP contribution is 2.37. The Labute approximate surface area is 192 Å². The Morgan fingerprint density at radius 2 is 1.12 bits per heavy atom. The first-order chi connectivity index (χ1) is 15.9. The van der Waals surface area contributed by atoms with Crippen molar-refractivity contribution in [2.24, 2.45) is 0 Å². The van der Waals surface area contributed by atoms with E-state index < -0.39 is 0 Å². The van der Waals surface area contributed by atoms with Gasteiger partial charge in [-0.1, -0.05) is 138 Å². The third kappa shape index (κ3) is 4.36. The molecule has 1 heterocycles. The van der Waals surface area contributed by atoms with E-state index in [-0.39, 0.29) is 6.04 Å². The molecule has 0 radical (unpaired) electrons. The number of nitrogens with zero attached hydrogens (tertiary/aromatic N) is 3. The van der Waals surface area contributed by atoms with E-state index in [0.717, 1.165) is 22.0 Å². The molecule has 0 amide bonds. The van der Waals surface area contributed by atoms with Crippen LogP contribution in [0.4, 0.5) is 0 Å². The molecule has 0 aliphatic heterocycles. The highest BCUT2D eigenvalue weighted by molar-refractivity contribution is 7.98. The average molecular weight is 434 g/mol. The Morgan fingerprint density at radius 3 is 1.69 bits per heavy atom. The van der Waals surface area contributed by atoms with Crippen LogP contribution in [0, 0.1) is 0 Å². The normalized spacial score (nSPS) is 11.0. The summed E-state index contributed by atoms with van der Waals surface area (Å²) in [6, 6.07) is 41.9. The summed E-state index contributed by atoms with van der Waals surface area (Å²) < 4.78 is 2.08. The Kier molecular flexibility index (Phi) is 6.13. The van der Waals surface area contributed by atoms with Gasteiger partial charge in [-0.2, -0.15) is 0 Å². The van der Waals surface area contributed by atoms with Crippen LogP contribution in [-0.4, -0.2) is 15.0 Å². The molecule has 32 heavy (non-hydrogen) atoms. The largest absolute Gasteiger partial charge is 0.226 e. The van der Waals surface area contributed by atoms with Gasteiger partial charge in [0.05, 0.1) is 0 Å². The van der Waals surface area contributed by atoms with Crippen molar-refractivity contribution in [2.45, 2.75) is 16.8 Å². The summed E-state index contributed by atoms with van der Waals surface area (Å²) in [5.41, 5.74) is 5.65. The Bertz CT molecular complexity index is 1210. The summed E-state index contributed by atoms with van der Waals surface area (Å²) >= 11 is 1.78. The van der Waals surface area contributed by atoms with Gasteiger partial charge in [0.25, 0.3) is 0 Å². The summed E-state index contributed by atoms with van der Waals surface area (Å²) in [5.74, 6) is 0.852. The predicted octanol–water partition coefficient (Wildman–Crippen LogP) is 6.88. The Hall–Kier alpha value is -3.63. The predicted molar refractivity (Wildman–Crippen MR) is 132 cm³/mol. The van der Waals surface area contributed by atoms with E-state index in [9.17, 15) is 0 Å². The molecule has 3 nitrogen and oxygen atoms in total. The van der Waals surface area contributed by atoms with Crippen molar-refractivity contribution < 1.29 is 0 Å². The van der Waals surface area contributed by atoms with E-state index in [1.807, 2.05) is 30.3 Å². The first-order valence-corrected chi connectivity index (χ1v) is 11.7. The zero-order valence-corrected chi connectivity index (χ0v) is 18.4. The SMILES string of the molecule is c1ccc(CSc2c(-c3ccccc3)nnn2C(c2ccccc2)c2ccccc2)cc1. The van der Waals surface area contributed by atoms with Crippen LogP contribution in [0.1, 0.15) is 22.7 Å². The van der Waals surface area contributed by atoms with Gasteiger partial charge >= 0.3 is 0 Å². The topological polar surface area (TPSA) is 30.7 Å². The third-order valence-corrected chi connectivity index (χ3v) is 6.52. The third-order valence-electron chi connectivity index (χ3n) is 5.39. The van der Waals surface area contributed by atoms with Crippen molar-refractivity contribution >= 4 is 11.8 Å². The molecule has 5 rings (SSSR count). The van der Waals surface area contributed by atoms with Crippen LogP contribution in [-0.2, 0) is 5.75 Å². The molecule has 4 aromatic carbocycles. The fourth-order valence-corrected chi connectivity index (χ4v) is 4.90.